The van der Waals surface area contributed by atoms with Gasteiger partial charge in [0.2, 0.25) is 0 Å². The fourth-order valence-electron chi connectivity index (χ4n) is 2.30. The summed E-state index contributed by atoms with van der Waals surface area (Å²) in [6.45, 7) is 6.14. The molecule has 0 amide bonds. The Labute approximate surface area is 137 Å². The molecule has 1 aromatic heterocycles. The van der Waals surface area contributed by atoms with Crippen molar-refractivity contribution in [2.45, 2.75) is 32.9 Å². The minimum atomic E-state index is 0.140. The van der Waals surface area contributed by atoms with Crippen LogP contribution in [0.1, 0.15) is 37.6 Å². The fraction of sp³-hybridized carbons (Fsp3) is 0.400. The minimum absolute atomic E-state index is 0.140. The minimum Gasteiger partial charge on any atom is -0.305 e. The van der Waals surface area contributed by atoms with E-state index in [1.54, 1.807) is 0 Å². The molecule has 0 spiro atoms. The van der Waals surface area contributed by atoms with Crippen LogP contribution in [-0.4, -0.2) is 16.3 Å². The van der Waals surface area contributed by atoms with Crippen LogP contribution < -0.4 is 5.32 Å². The first-order valence-corrected chi connectivity index (χ1v) is 8.46. The number of hydrogen-bond donors (Lipinski definition) is 1. The van der Waals surface area contributed by atoms with Gasteiger partial charge in [-0.1, -0.05) is 45.7 Å². The molecule has 20 heavy (non-hydrogen) atoms. The van der Waals surface area contributed by atoms with Crippen molar-refractivity contribution in [3.63, 3.8) is 0 Å². The first kappa shape index (κ1) is 15.7. The van der Waals surface area contributed by atoms with Crippen LogP contribution in [0, 0.1) is 0 Å². The average molecular weight is 401 g/mol. The molecule has 1 N–H and O–H groups in total. The highest BCUT2D eigenvalue weighted by molar-refractivity contribution is 9.11. The lowest BCUT2D eigenvalue weighted by Crippen LogP contribution is -2.25. The Morgan fingerprint density at radius 1 is 1.25 bits per heavy atom. The number of benzene rings is 1. The summed E-state index contributed by atoms with van der Waals surface area (Å²) in [5, 5.41) is 7.99. The maximum atomic E-state index is 4.44. The van der Waals surface area contributed by atoms with Gasteiger partial charge in [-0.05, 0) is 42.8 Å². The summed E-state index contributed by atoms with van der Waals surface area (Å²) in [4.78, 5) is 0. The normalized spacial score (nSPS) is 12.6. The van der Waals surface area contributed by atoms with E-state index in [9.17, 15) is 0 Å². The first-order chi connectivity index (χ1) is 9.67. The third-order valence-corrected chi connectivity index (χ3v) is 4.37. The number of aromatic nitrogens is 2. The predicted molar refractivity (Wildman–Crippen MR) is 89.9 cm³/mol. The molecule has 3 nitrogen and oxygen atoms in total. The van der Waals surface area contributed by atoms with E-state index in [1.807, 2.05) is 12.3 Å². The van der Waals surface area contributed by atoms with Gasteiger partial charge in [-0.15, -0.1) is 0 Å². The molecule has 1 atom stereocenters. The van der Waals surface area contributed by atoms with E-state index >= 15 is 0 Å². The molecule has 0 fully saturated rings. The van der Waals surface area contributed by atoms with Crippen molar-refractivity contribution in [3.05, 3.63) is 50.7 Å². The second-order valence-corrected chi connectivity index (χ2v) is 6.41. The Hall–Kier alpha value is -0.650. The van der Waals surface area contributed by atoms with E-state index in [0.29, 0.717) is 0 Å². The third kappa shape index (κ3) is 3.51. The molecular weight excluding hydrogens is 382 g/mol. The molecule has 0 aliphatic rings. The highest BCUT2D eigenvalue weighted by Gasteiger charge is 2.19. The smallest absolute Gasteiger partial charge is 0.0759 e. The summed E-state index contributed by atoms with van der Waals surface area (Å²) in [6.07, 6.45) is 2.95. The van der Waals surface area contributed by atoms with Crippen LogP contribution in [0.15, 0.2) is 39.4 Å². The van der Waals surface area contributed by atoms with Gasteiger partial charge in [0, 0.05) is 21.7 Å². The van der Waals surface area contributed by atoms with Gasteiger partial charge in [-0.3, -0.25) is 4.68 Å². The molecule has 108 valence electrons. The Bertz CT molecular complexity index is 566. The van der Waals surface area contributed by atoms with Crippen molar-refractivity contribution >= 4 is 31.9 Å². The second kappa shape index (κ2) is 7.38. The van der Waals surface area contributed by atoms with Gasteiger partial charge in [0.25, 0.3) is 0 Å². The van der Waals surface area contributed by atoms with Crippen molar-refractivity contribution < 1.29 is 0 Å². The van der Waals surface area contributed by atoms with Crippen molar-refractivity contribution in [1.29, 1.82) is 0 Å². The van der Waals surface area contributed by atoms with E-state index in [4.69, 9.17) is 0 Å². The van der Waals surface area contributed by atoms with Gasteiger partial charge >= 0.3 is 0 Å². The zero-order valence-electron chi connectivity index (χ0n) is 11.7. The molecule has 0 aliphatic carbocycles. The van der Waals surface area contributed by atoms with Crippen molar-refractivity contribution in [2.75, 3.05) is 6.54 Å². The Morgan fingerprint density at radius 3 is 2.75 bits per heavy atom. The summed E-state index contributed by atoms with van der Waals surface area (Å²) in [7, 11) is 0. The zero-order chi connectivity index (χ0) is 14.5. The van der Waals surface area contributed by atoms with Gasteiger partial charge in [-0.2, -0.15) is 5.10 Å². The largest absolute Gasteiger partial charge is 0.305 e. The molecule has 0 radical (unpaired) electrons. The number of nitrogens with one attached hydrogen (secondary N) is 1. The fourth-order valence-corrected chi connectivity index (χ4v) is 3.15. The summed E-state index contributed by atoms with van der Waals surface area (Å²) >= 11 is 7.22. The van der Waals surface area contributed by atoms with Gasteiger partial charge in [0.1, 0.15) is 0 Å². The second-order valence-electron chi connectivity index (χ2n) is 4.64. The molecule has 0 bridgehead atoms. The third-order valence-electron chi connectivity index (χ3n) is 3.16. The zero-order valence-corrected chi connectivity index (χ0v) is 14.9. The van der Waals surface area contributed by atoms with Crippen molar-refractivity contribution in [1.82, 2.24) is 15.1 Å². The van der Waals surface area contributed by atoms with Crippen molar-refractivity contribution in [3.8, 4) is 0 Å². The van der Waals surface area contributed by atoms with Crippen LogP contribution in [0.4, 0.5) is 0 Å². The SMILES string of the molecule is CCCn1nccc1C(NCC)c1cc(Br)ccc1Br. The molecule has 0 saturated carbocycles. The topological polar surface area (TPSA) is 29.9 Å². The predicted octanol–water partition coefficient (Wildman–Crippen LogP) is 4.52. The van der Waals surface area contributed by atoms with Gasteiger partial charge in [0.05, 0.1) is 11.7 Å². The highest BCUT2D eigenvalue weighted by atomic mass is 79.9. The summed E-state index contributed by atoms with van der Waals surface area (Å²) in [6, 6.07) is 8.50. The standard InChI is InChI=1S/C15H19Br2N3/c1-3-9-20-14(7-8-19-20)15(18-4-2)12-10-11(16)5-6-13(12)17/h5-8,10,15,18H,3-4,9H2,1-2H3. The molecule has 1 unspecified atom stereocenters. The number of halogens is 2. The van der Waals surface area contributed by atoms with E-state index in [0.717, 1.165) is 28.5 Å². The molecule has 1 aromatic carbocycles. The van der Waals surface area contributed by atoms with Gasteiger partial charge in [0.15, 0.2) is 0 Å². The Kier molecular flexibility index (Phi) is 5.81. The lowest BCUT2D eigenvalue weighted by Gasteiger charge is -2.21. The van der Waals surface area contributed by atoms with Crippen molar-refractivity contribution in [2.24, 2.45) is 0 Å². The maximum absolute atomic E-state index is 4.44. The first-order valence-electron chi connectivity index (χ1n) is 6.87. The molecule has 1 heterocycles. The molecule has 2 rings (SSSR count). The lowest BCUT2D eigenvalue weighted by atomic mass is 10.0. The van der Waals surface area contributed by atoms with Crippen LogP contribution in [0.3, 0.4) is 0 Å². The number of rotatable bonds is 6. The number of hydrogen-bond acceptors (Lipinski definition) is 2. The monoisotopic (exact) mass is 399 g/mol. The number of nitrogens with zero attached hydrogens (tertiary/aromatic N) is 2. The lowest BCUT2D eigenvalue weighted by molar-refractivity contribution is 0.519. The highest BCUT2D eigenvalue weighted by Crippen LogP contribution is 2.31. The molecule has 2 aromatic rings. The molecule has 0 aliphatic heterocycles. The summed E-state index contributed by atoms with van der Waals surface area (Å²) in [5.41, 5.74) is 2.42. The molecule has 5 heteroatoms. The van der Waals surface area contributed by atoms with E-state index in [2.05, 4.69) is 79.0 Å². The van der Waals surface area contributed by atoms with Crippen LogP contribution >= 0.6 is 31.9 Å². The van der Waals surface area contributed by atoms with Gasteiger partial charge < -0.3 is 5.32 Å². The van der Waals surface area contributed by atoms with Crippen LogP contribution in [0.2, 0.25) is 0 Å². The summed E-state index contributed by atoms with van der Waals surface area (Å²) < 4.78 is 4.27. The Morgan fingerprint density at radius 2 is 2.05 bits per heavy atom. The van der Waals surface area contributed by atoms with E-state index in [-0.39, 0.29) is 6.04 Å². The Balaban J connectivity index is 2.44. The van der Waals surface area contributed by atoms with E-state index < -0.39 is 0 Å². The average Bonchev–Trinajstić information content (AvgIpc) is 2.88. The summed E-state index contributed by atoms with van der Waals surface area (Å²) in [5.74, 6) is 0. The van der Waals surface area contributed by atoms with Crippen LogP contribution in [-0.2, 0) is 6.54 Å². The molecular formula is C15H19Br2N3. The van der Waals surface area contributed by atoms with Crippen LogP contribution in [0.25, 0.3) is 0 Å². The molecule has 0 saturated heterocycles. The van der Waals surface area contributed by atoms with E-state index in [1.165, 1.54) is 11.3 Å². The maximum Gasteiger partial charge on any atom is 0.0759 e. The van der Waals surface area contributed by atoms with Crippen LogP contribution in [0.5, 0.6) is 0 Å². The van der Waals surface area contributed by atoms with Gasteiger partial charge in [-0.25, -0.2) is 0 Å². The number of aryl methyl sites for hydroxylation is 1. The quantitative estimate of drug-likeness (QED) is 0.772.